The van der Waals surface area contributed by atoms with Gasteiger partial charge in [0.2, 0.25) is 0 Å². The Morgan fingerprint density at radius 1 is 1.33 bits per heavy atom. The van der Waals surface area contributed by atoms with E-state index >= 15 is 0 Å². The van der Waals surface area contributed by atoms with Crippen molar-refractivity contribution < 1.29 is 0 Å². The Morgan fingerprint density at radius 2 is 2.06 bits per heavy atom. The standard InChI is InChI=1S/C16H26N2/c1-4-13-5-7-14(8-6-13)16(17-3)15-11-18-10-9-12(15)2/h9-11,13-14,16-17H,4-8H2,1-3H3. The summed E-state index contributed by atoms with van der Waals surface area (Å²) >= 11 is 0. The number of nitrogens with zero attached hydrogens (tertiary/aromatic N) is 1. The van der Waals surface area contributed by atoms with Gasteiger partial charge in [0.1, 0.15) is 0 Å². The molecule has 1 saturated carbocycles. The lowest BCUT2D eigenvalue weighted by atomic mass is 9.76. The van der Waals surface area contributed by atoms with Crippen molar-refractivity contribution in [3.05, 3.63) is 29.6 Å². The van der Waals surface area contributed by atoms with Crippen LogP contribution in [0.3, 0.4) is 0 Å². The second-order valence-corrected chi connectivity index (χ2v) is 5.69. The summed E-state index contributed by atoms with van der Waals surface area (Å²) in [7, 11) is 2.09. The normalized spacial score (nSPS) is 25.9. The second kappa shape index (κ2) is 6.33. The van der Waals surface area contributed by atoms with E-state index in [4.69, 9.17) is 0 Å². The third kappa shape index (κ3) is 2.92. The molecule has 0 aromatic carbocycles. The quantitative estimate of drug-likeness (QED) is 0.872. The molecule has 0 spiro atoms. The van der Waals surface area contributed by atoms with Crippen molar-refractivity contribution in [1.29, 1.82) is 0 Å². The molecule has 1 unspecified atom stereocenters. The molecule has 18 heavy (non-hydrogen) atoms. The van der Waals surface area contributed by atoms with Gasteiger partial charge in [0.05, 0.1) is 0 Å². The van der Waals surface area contributed by atoms with Gasteiger partial charge in [-0.15, -0.1) is 0 Å². The molecule has 1 aliphatic rings. The van der Waals surface area contributed by atoms with Crippen LogP contribution in [0.2, 0.25) is 0 Å². The predicted molar refractivity (Wildman–Crippen MR) is 76.5 cm³/mol. The first kappa shape index (κ1) is 13.5. The molecule has 1 N–H and O–H groups in total. The van der Waals surface area contributed by atoms with E-state index in [2.05, 4.69) is 37.3 Å². The van der Waals surface area contributed by atoms with E-state index in [1.54, 1.807) is 0 Å². The van der Waals surface area contributed by atoms with Gasteiger partial charge in [-0.05, 0) is 55.8 Å². The maximum absolute atomic E-state index is 4.30. The Bertz CT molecular complexity index is 367. The fourth-order valence-electron chi connectivity index (χ4n) is 3.38. The number of pyridine rings is 1. The second-order valence-electron chi connectivity index (χ2n) is 5.69. The van der Waals surface area contributed by atoms with Gasteiger partial charge < -0.3 is 5.32 Å². The first-order valence-corrected chi connectivity index (χ1v) is 7.34. The molecule has 0 bridgehead atoms. The number of rotatable bonds is 4. The summed E-state index contributed by atoms with van der Waals surface area (Å²) in [5.74, 6) is 1.74. The van der Waals surface area contributed by atoms with Gasteiger partial charge in [-0.2, -0.15) is 0 Å². The number of aromatic nitrogens is 1. The van der Waals surface area contributed by atoms with Gasteiger partial charge in [0.25, 0.3) is 0 Å². The zero-order valence-corrected chi connectivity index (χ0v) is 11.9. The summed E-state index contributed by atoms with van der Waals surface area (Å²) in [6, 6.07) is 2.61. The Balaban J connectivity index is 2.08. The van der Waals surface area contributed by atoms with Crippen LogP contribution in [-0.4, -0.2) is 12.0 Å². The van der Waals surface area contributed by atoms with Crippen LogP contribution >= 0.6 is 0 Å². The van der Waals surface area contributed by atoms with Crippen LogP contribution in [0.5, 0.6) is 0 Å². The summed E-state index contributed by atoms with van der Waals surface area (Å²) in [5, 5.41) is 3.52. The summed E-state index contributed by atoms with van der Waals surface area (Å²) < 4.78 is 0. The fraction of sp³-hybridized carbons (Fsp3) is 0.688. The van der Waals surface area contributed by atoms with Gasteiger partial charge in [0, 0.05) is 18.4 Å². The first-order valence-electron chi connectivity index (χ1n) is 7.34. The number of aryl methyl sites for hydroxylation is 1. The van der Waals surface area contributed by atoms with Gasteiger partial charge in [-0.25, -0.2) is 0 Å². The Hall–Kier alpha value is -0.890. The first-order chi connectivity index (χ1) is 8.76. The largest absolute Gasteiger partial charge is 0.313 e. The highest BCUT2D eigenvalue weighted by molar-refractivity contribution is 5.25. The fourth-order valence-corrected chi connectivity index (χ4v) is 3.38. The molecule has 0 aliphatic heterocycles. The highest BCUT2D eigenvalue weighted by Gasteiger charge is 2.27. The zero-order valence-electron chi connectivity index (χ0n) is 11.9. The van der Waals surface area contributed by atoms with Crippen molar-refractivity contribution in [2.45, 2.75) is 52.0 Å². The molecule has 1 fully saturated rings. The van der Waals surface area contributed by atoms with Crippen molar-refractivity contribution in [3.8, 4) is 0 Å². The van der Waals surface area contributed by atoms with E-state index in [1.807, 2.05) is 12.4 Å². The highest BCUT2D eigenvalue weighted by Crippen LogP contribution is 2.38. The Labute approximate surface area is 111 Å². The van der Waals surface area contributed by atoms with Crippen LogP contribution in [0.25, 0.3) is 0 Å². The van der Waals surface area contributed by atoms with Gasteiger partial charge in [-0.1, -0.05) is 26.2 Å². The van der Waals surface area contributed by atoms with E-state index in [-0.39, 0.29) is 0 Å². The van der Waals surface area contributed by atoms with Crippen LogP contribution in [-0.2, 0) is 0 Å². The number of hydrogen-bond donors (Lipinski definition) is 1. The molecule has 100 valence electrons. The van der Waals surface area contributed by atoms with Crippen molar-refractivity contribution >= 4 is 0 Å². The minimum Gasteiger partial charge on any atom is -0.313 e. The third-order valence-corrected chi connectivity index (χ3v) is 4.67. The average Bonchev–Trinajstić information content (AvgIpc) is 2.42. The summed E-state index contributed by atoms with van der Waals surface area (Å²) in [6.07, 6.45) is 10.8. The predicted octanol–water partition coefficient (Wildman–Crippen LogP) is 3.87. The molecule has 2 nitrogen and oxygen atoms in total. The average molecular weight is 246 g/mol. The lowest BCUT2D eigenvalue weighted by Crippen LogP contribution is -2.29. The summed E-state index contributed by atoms with van der Waals surface area (Å²) in [6.45, 7) is 4.52. The van der Waals surface area contributed by atoms with Crippen molar-refractivity contribution in [3.63, 3.8) is 0 Å². The monoisotopic (exact) mass is 246 g/mol. The van der Waals surface area contributed by atoms with Crippen molar-refractivity contribution in [2.75, 3.05) is 7.05 Å². The molecule has 1 atom stereocenters. The SMILES string of the molecule is CCC1CCC(C(NC)c2cnccc2C)CC1. The van der Waals surface area contributed by atoms with Crippen molar-refractivity contribution in [2.24, 2.45) is 11.8 Å². The van der Waals surface area contributed by atoms with Gasteiger partial charge in [-0.3, -0.25) is 4.98 Å². The lowest BCUT2D eigenvalue weighted by molar-refractivity contribution is 0.223. The van der Waals surface area contributed by atoms with Gasteiger partial charge in [0.15, 0.2) is 0 Å². The summed E-state index contributed by atoms with van der Waals surface area (Å²) in [5.41, 5.74) is 2.75. The molecule has 1 aliphatic carbocycles. The van der Waals surface area contributed by atoms with Crippen LogP contribution < -0.4 is 5.32 Å². The molecule has 1 aromatic rings. The zero-order chi connectivity index (χ0) is 13.0. The molecule has 1 heterocycles. The number of nitrogens with one attached hydrogen (secondary N) is 1. The summed E-state index contributed by atoms with van der Waals surface area (Å²) in [4.78, 5) is 4.30. The van der Waals surface area contributed by atoms with Crippen LogP contribution in [0.15, 0.2) is 18.5 Å². The molecule has 1 aromatic heterocycles. The molecule has 0 amide bonds. The molecular weight excluding hydrogens is 220 g/mol. The molecular formula is C16H26N2. The smallest absolute Gasteiger partial charge is 0.0364 e. The van der Waals surface area contributed by atoms with Crippen LogP contribution in [0.4, 0.5) is 0 Å². The molecule has 2 heteroatoms. The van der Waals surface area contributed by atoms with Gasteiger partial charge >= 0.3 is 0 Å². The molecule has 2 rings (SSSR count). The van der Waals surface area contributed by atoms with Crippen LogP contribution in [0, 0.1) is 18.8 Å². The lowest BCUT2D eigenvalue weighted by Gasteiger charge is -2.34. The highest BCUT2D eigenvalue weighted by atomic mass is 14.9. The maximum Gasteiger partial charge on any atom is 0.0364 e. The Kier molecular flexibility index (Phi) is 4.76. The van der Waals surface area contributed by atoms with E-state index in [0.29, 0.717) is 6.04 Å². The van der Waals surface area contributed by atoms with E-state index < -0.39 is 0 Å². The minimum absolute atomic E-state index is 0.483. The van der Waals surface area contributed by atoms with E-state index in [1.165, 1.54) is 43.2 Å². The topological polar surface area (TPSA) is 24.9 Å². The van der Waals surface area contributed by atoms with Crippen LogP contribution in [0.1, 0.15) is 56.2 Å². The van der Waals surface area contributed by atoms with E-state index in [9.17, 15) is 0 Å². The molecule has 0 radical (unpaired) electrons. The van der Waals surface area contributed by atoms with E-state index in [0.717, 1.165) is 11.8 Å². The minimum atomic E-state index is 0.483. The van der Waals surface area contributed by atoms with Crippen molar-refractivity contribution in [1.82, 2.24) is 10.3 Å². The number of hydrogen-bond acceptors (Lipinski definition) is 2. The maximum atomic E-state index is 4.30. The molecule has 0 saturated heterocycles. The Morgan fingerprint density at radius 3 is 2.61 bits per heavy atom. The third-order valence-electron chi connectivity index (χ3n) is 4.67.